The summed E-state index contributed by atoms with van der Waals surface area (Å²) in [7, 11) is 0. The standard InChI is InChI=1S/C21H25NO2S/c23-20(16-25-15-18-7-3-1-4-8-18)22-17-21(11-13-24-14-12-21)19-9-5-2-6-10-19/h1-10H,11-17H2,(H,22,23). The zero-order valence-electron chi connectivity index (χ0n) is 14.4. The van der Waals surface area contributed by atoms with Crippen LogP contribution in [-0.2, 0) is 20.7 Å². The van der Waals surface area contributed by atoms with Crippen LogP contribution in [0.3, 0.4) is 0 Å². The summed E-state index contributed by atoms with van der Waals surface area (Å²) in [6, 6.07) is 20.8. The van der Waals surface area contributed by atoms with E-state index >= 15 is 0 Å². The molecule has 0 spiro atoms. The summed E-state index contributed by atoms with van der Waals surface area (Å²) in [5.74, 6) is 1.48. The molecule has 0 aromatic heterocycles. The second-order valence-corrected chi connectivity index (χ2v) is 7.50. The van der Waals surface area contributed by atoms with E-state index in [0.717, 1.165) is 31.8 Å². The van der Waals surface area contributed by atoms with E-state index in [0.29, 0.717) is 12.3 Å². The number of thioether (sulfide) groups is 1. The van der Waals surface area contributed by atoms with E-state index in [-0.39, 0.29) is 11.3 Å². The highest BCUT2D eigenvalue weighted by Crippen LogP contribution is 2.34. The van der Waals surface area contributed by atoms with Gasteiger partial charge in [-0.3, -0.25) is 4.79 Å². The molecule has 0 atom stereocenters. The Morgan fingerprint density at radius 2 is 1.64 bits per heavy atom. The van der Waals surface area contributed by atoms with Crippen molar-refractivity contribution in [1.82, 2.24) is 5.32 Å². The van der Waals surface area contributed by atoms with Gasteiger partial charge in [0.15, 0.2) is 0 Å². The number of rotatable bonds is 7. The van der Waals surface area contributed by atoms with Crippen LogP contribution >= 0.6 is 11.8 Å². The molecule has 132 valence electrons. The first-order valence-corrected chi connectivity index (χ1v) is 9.96. The number of carbonyl (C=O) groups is 1. The average Bonchev–Trinajstić information content (AvgIpc) is 2.69. The summed E-state index contributed by atoms with van der Waals surface area (Å²) in [6.45, 7) is 2.20. The maximum Gasteiger partial charge on any atom is 0.230 e. The van der Waals surface area contributed by atoms with Crippen LogP contribution in [0.15, 0.2) is 60.7 Å². The number of hydrogen-bond donors (Lipinski definition) is 1. The molecule has 1 fully saturated rings. The van der Waals surface area contributed by atoms with Gasteiger partial charge in [-0.25, -0.2) is 0 Å². The lowest BCUT2D eigenvalue weighted by atomic mass is 9.74. The molecule has 2 aromatic rings. The fraction of sp³-hybridized carbons (Fsp3) is 0.381. The number of amides is 1. The number of nitrogens with one attached hydrogen (secondary N) is 1. The van der Waals surface area contributed by atoms with E-state index in [2.05, 4.69) is 41.7 Å². The minimum absolute atomic E-state index is 0.000727. The number of benzene rings is 2. The molecule has 25 heavy (non-hydrogen) atoms. The van der Waals surface area contributed by atoms with Crippen molar-refractivity contribution in [3.63, 3.8) is 0 Å². The number of ether oxygens (including phenoxy) is 1. The molecule has 4 heteroatoms. The van der Waals surface area contributed by atoms with E-state index in [1.807, 2.05) is 24.3 Å². The van der Waals surface area contributed by atoms with Crippen LogP contribution in [0, 0.1) is 0 Å². The summed E-state index contributed by atoms with van der Waals surface area (Å²) in [5.41, 5.74) is 2.56. The molecular weight excluding hydrogens is 330 g/mol. The molecule has 0 saturated carbocycles. The van der Waals surface area contributed by atoms with E-state index in [4.69, 9.17) is 4.74 Å². The summed E-state index contributed by atoms with van der Waals surface area (Å²) in [5, 5.41) is 3.16. The molecule has 1 saturated heterocycles. The van der Waals surface area contributed by atoms with E-state index in [1.165, 1.54) is 11.1 Å². The molecule has 1 amide bonds. The van der Waals surface area contributed by atoms with Gasteiger partial charge in [0, 0.05) is 30.9 Å². The van der Waals surface area contributed by atoms with Crippen molar-refractivity contribution in [3.8, 4) is 0 Å². The van der Waals surface area contributed by atoms with Gasteiger partial charge in [-0.2, -0.15) is 0 Å². The van der Waals surface area contributed by atoms with Gasteiger partial charge >= 0.3 is 0 Å². The van der Waals surface area contributed by atoms with Crippen LogP contribution in [0.25, 0.3) is 0 Å². The van der Waals surface area contributed by atoms with Gasteiger partial charge in [0.1, 0.15) is 0 Å². The minimum atomic E-state index is -0.000727. The Kier molecular flexibility index (Phi) is 6.54. The molecular formula is C21H25NO2S. The van der Waals surface area contributed by atoms with Gasteiger partial charge in [0.05, 0.1) is 5.75 Å². The maximum atomic E-state index is 12.3. The molecule has 0 radical (unpaired) electrons. The lowest BCUT2D eigenvalue weighted by Gasteiger charge is -2.38. The second kappa shape index (κ2) is 9.07. The van der Waals surface area contributed by atoms with Crippen LogP contribution in [0.5, 0.6) is 0 Å². The maximum absolute atomic E-state index is 12.3. The van der Waals surface area contributed by atoms with Crippen LogP contribution in [0.4, 0.5) is 0 Å². The molecule has 1 heterocycles. The first-order chi connectivity index (χ1) is 12.3. The minimum Gasteiger partial charge on any atom is -0.381 e. The third-order valence-electron chi connectivity index (χ3n) is 4.80. The number of carbonyl (C=O) groups excluding carboxylic acids is 1. The lowest BCUT2D eigenvalue weighted by molar-refractivity contribution is -0.119. The van der Waals surface area contributed by atoms with Crippen LogP contribution < -0.4 is 5.32 Å². The Hall–Kier alpha value is -1.78. The van der Waals surface area contributed by atoms with E-state index in [9.17, 15) is 4.79 Å². The van der Waals surface area contributed by atoms with Crippen molar-refractivity contribution < 1.29 is 9.53 Å². The van der Waals surface area contributed by atoms with Gasteiger partial charge in [0.25, 0.3) is 0 Å². The normalized spacial score (nSPS) is 16.3. The Bertz CT molecular complexity index is 654. The molecule has 2 aromatic carbocycles. The molecule has 0 bridgehead atoms. The van der Waals surface area contributed by atoms with Crippen LogP contribution in [0.1, 0.15) is 24.0 Å². The van der Waals surface area contributed by atoms with Gasteiger partial charge in [-0.1, -0.05) is 60.7 Å². The van der Waals surface area contributed by atoms with Crippen molar-refractivity contribution in [2.45, 2.75) is 24.0 Å². The van der Waals surface area contributed by atoms with E-state index in [1.54, 1.807) is 11.8 Å². The summed E-state index contributed by atoms with van der Waals surface area (Å²) in [6.07, 6.45) is 1.91. The summed E-state index contributed by atoms with van der Waals surface area (Å²) < 4.78 is 5.55. The Morgan fingerprint density at radius 3 is 2.32 bits per heavy atom. The molecule has 1 N–H and O–H groups in total. The zero-order valence-corrected chi connectivity index (χ0v) is 15.3. The fourth-order valence-corrected chi connectivity index (χ4v) is 4.09. The first-order valence-electron chi connectivity index (χ1n) is 8.80. The molecule has 3 nitrogen and oxygen atoms in total. The van der Waals surface area contributed by atoms with Gasteiger partial charge < -0.3 is 10.1 Å². The van der Waals surface area contributed by atoms with Crippen molar-refractivity contribution in [2.75, 3.05) is 25.5 Å². The highest BCUT2D eigenvalue weighted by Gasteiger charge is 2.34. The van der Waals surface area contributed by atoms with Crippen molar-refractivity contribution >= 4 is 17.7 Å². The highest BCUT2D eigenvalue weighted by molar-refractivity contribution is 7.99. The predicted octanol–water partition coefficient (Wildman–Crippen LogP) is 3.78. The summed E-state index contributed by atoms with van der Waals surface area (Å²) in [4.78, 5) is 12.3. The molecule has 3 rings (SSSR count). The molecule has 0 unspecified atom stereocenters. The van der Waals surface area contributed by atoms with Crippen LogP contribution in [-0.4, -0.2) is 31.4 Å². The fourth-order valence-electron chi connectivity index (χ4n) is 3.28. The van der Waals surface area contributed by atoms with Crippen molar-refractivity contribution in [2.24, 2.45) is 0 Å². The lowest BCUT2D eigenvalue weighted by Crippen LogP contribution is -2.45. The Labute approximate surface area is 154 Å². The molecule has 0 aliphatic carbocycles. The largest absolute Gasteiger partial charge is 0.381 e. The Morgan fingerprint density at radius 1 is 1.00 bits per heavy atom. The molecule has 1 aliphatic heterocycles. The van der Waals surface area contributed by atoms with Gasteiger partial charge in [-0.15, -0.1) is 11.8 Å². The highest BCUT2D eigenvalue weighted by atomic mass is 32.2. The first kappa shape index (κ1) is 18.0. The smallest absolute Gasteiger partial charge is 0.230 e. The SMILES string of the molecule is O=C(CSCc1ccccc1)NCC1(c2ccccc2)CCOCC1. The van der Waals surface area contributed by atoms with Gasteiger partial charge in [-0.05, 0) is 24.0 Å². The topological polar surface area (TPSA) is 38.3 Å². The third kappa shape index (κ3) is 5.10. The average molecular weight is 356 g/mol. The van der Waals surface area contributed by atoms with Crippen molar-refractivity contribution in [1.29, 1.82) is 0 Å². The number of hydrogen-bond acceptors (Lipinski definition) is 3. The Balaban J connectivity index is 1.52. The monoisotopic (exact) mass is 355 g/mol. The zero-order chi connectivity index (χ0) is 17.4. The van der Waals surface area contributed by atoms with Crippen LogP contribution in [0.2, 0.25) is 0 Å². The molecule has 1 aliphatic rings. The second-order valence-electron chi connectivity index (χ2n) is 6.51. The predicted molar refractivity (Wildman–Crippen MR) is 104 cm³/mol. The summed E-state index contributed by atoms with van der Waals surface area (Å²) >= 11 is 1.66. The third-order valence-corrected chi connectivity index (χ3v) is 5.81. The van der Waals surface area contributed by atoms with Crippen molar-refractivity contribution in [3.05, 3.63) is 71.8 Å². The van der Waals surface area contributed by atoms with E-state index < -0.39 is 0 Å². The van der Waals surface area contributed by atoms with Gasteiger partial charge in [0.2, 0.25) is 5.91 Å². The quantitative estimate of drug-likeness (QED) is 0.821.